The maximum Gasteiger partial charge on any atom is 0.246 e. The number of benzene rings is 2. The van der Waals surface area contributed by atoms with Crippen molar-refractivity contribution in [3.05, 3.63) is 59.1 Å². The van der Waals surface area contributed by atoms with Gasteiger partial charge in [-0.2, -0.15) is 0 Å². The summed E-state index contributed by atoms with van der Waals surface area (Å²) in [5.41, 5.74) is 0.727. The highest BCUT2D eigenvalue weighted by Gasteiger charge is 2.47. The predicted molar refractivity (Wildman–Crippen MR) is 129 cm³/mol. The zero-order valence-electron chi connectivity index (χ0n) is 18.2. The third kappa shape index (κ3) is 3.91. The summed E-state index contributed by atoms with van der Waals surface area (Å²) in [6.45, 7) is 4.23. The zero-order valence-corrected chi connectivity index (χ0v) is 19.7. The number of nitrogens with zero attached hydrogens (tertiary/aromatic N) is 3. The predicted octanol–water partition coefficient (Wildman–Crippen LogP) is 5.38. The third-order valence-corrected chi connectivity index (χ3v) is 7.20. The van der Waals surface area contributed by atoms with E-state index in [0.717, 1.165) is 12.8 Å². The van der Waals surface area contributed by atoms with Crippen LogP contribution in [0.1, 0.15) is 12.8 Å². The lowest BCUT2D eigenvalue weighted by Gasteiger charge is -2.31. The van der Waals surface area contributed by atoms with Gasteiger partial charge < -0.3 is 19.7 Å². The monoisotopic (exact) mass is 502 g/mol. The number of carbonyl (C=O) groups is 1. The number of hydrogen-bond donors (Lipinski definition) is 1. The van der Waals surface area contributed by atoms with Gasteiger partial charge in [0, 0.05) is 36.4 Å². The van der Waals surface area contributed by atoms with E-state index in [2.05, 4.69) is 21.9 Å². The molecule has 2 fully saturated rings. The Morgan fingerprint density at radius 3 is 2.79 bits per heavy atom. The number of anilines is 2. The topological polar surface area (TPSA) is 76.6 Å². The molecule has 10 heteroatoms. The second-order valence-electron chi connectivity index (χ2n) is 8.33. The fourth-order valence-corrected chi connectivity index (χ4v) is 5.08. The summed E-state index contributed by atoms with van der Waals surface area (Å²) in [5.74, 6) is 0.944. The van der Waals surface area contributed by atoms with Crippen LogP contribution in [0.3, 0.4) is 0 Å². The Labute approximate surface area is 205 Å². The van der Waals surface area contributed by atoms with Crippen molar-refractivity contribution in [2.24, 2.45) is 5.92 Å². The van der Waals surface area contributed by atoms with E-state index >= 15 is 0 Å². The van der Waals surface area contributed by atoms with Crippen LogP contribution in [0.4, 0.5) is 15.9 Å². The molecule has 2 aliphatic rings. The smallest absolute Gasteiger partial charge is 0.246 e. The molecule has 5 rings (SSSR count). The van der Waals surface area contributed by atoms with Crippen molar-refractivity contribution in [1.29, 1.82) is 0 Å². The summed E-state index contributed by atoms with van der Waals surface area (Å²) < 4.78 is 26.5. The Kier molecular flexibility index (Phi) is 5.95. The molecular formula is C24H21Cl2FN4O3. The van der Waals surface area contributed by atoms with Crippen LogP contribution < -0.4 is 14.8 Å². The van der Waals surface area contributed by atoms with E-state index in [9.17, 15) is 9.18 Å². The fraction of sp³-hybridized carbons (Fsp3) is 0.292. The lowest BCUT2D eigenvalue weighted by molar-refractivity contribution is -0.128. The van der Waals surface area contributed by atoms with Gasteiger partial charge in [0.25, 0.3) is 0 Å². The van der Waals surface area contributed by atoms with Gasteiger partial charge in [-0.15, -0.1) is 0 Å². The molecule has 1 saturated carbocycles. The SMILES string of the molecule is C=CC(=O)N1C[C@@H]2C[C@H]1C[C@H]2Oc1cc2c(Nc3ccc(Cl)c(Cl)c3F)ncnc2cc1OC. The Hall–Kier alpha value is -3.10. The first kappa shape index (κ1) is 22.7. The Morgan fingerprint density at radius 2 is 2.09 bits per heavy atom. The van der Waals surface area contributed by atoms with Crippen molar-refractivity contribution in [3.8, 4) is 11.5 Å². The molecule has 0 radical (unpaired) electrons. The van der Waals surface area contributed by atoms with Crippen molar-refractivity contribution in [2.75, 3.05) is 19.0 Å². The molecular weight excluding hydrogens is 482 g/mol. The van der Waals surface area contributed by atoms with Crippen LogP contribution in [-0.2, 0) is 4.79 Å². The van der Waals surface area contributed by atoms with E-state index in [1.54, 1.807) is 19.2 Å². The molecule has 1 aliphatic heterocycles. The van der Waals surface area contributed by atoms with Crippen molar-refractivity contribution < 1.29 is 18.7 Å². The van der Waals surface area contributed by atoms with Gasteiger partial charge >= 0.3 is 0 Å². The molecule has 2 aromatic carbocycles. The third-order valence-electron chi connectivity index (χ3n) is 6.42. The average molecular weight is 503 g/mol. The summed E-state index contributed by atoms with van der Waals surface area (Å²) in [6, 6.07) is 6.68. The number of amides is 1. The van der Waals surface area contributed by atoms with Gasteiger partial charge in [0.1, 0.15) is 18.2 Å². The number of methoxy groups -OCH3 is 1. The number of aromatic nitrogens is 2. The van der Waals surface area contributed by atoms with Gasteiger partial charge in [0.05, 0.1) is 28.4 Å². The Balaban J connectivity index is 1.45. The highest BCUT2D eigenvalue weighted by Crippen LogP contribution is 2.43. The number of hydrogen-bond acceptors (Lipinski definition) is 6. The van der Waals surface area contributed by atoms with Crippen molar-refractivity contribution >= 4 is 51.5 Å². The van der Waals surface area contributed by atoms with Crippen molar-refractivity contribution in [1.82, 2.24) is 14.9 Å². The molecule has 7 nitrogen and oxygen atoms in total. The highest BCUT2D eigenvalue weighted by molar-refractivity contribution is 6.42. The number of likely N-dealkylation sites (tertiary alicyclic amines) is 1. The Morgan fingerprint density at radius 1 is 1.26 bits per heavy atom. The molecule has 34 heavy (non-hydrogen) atoms. The lowest BCUT2D eigenvalue weighted by Crippen LogP contribution is -2.42. The van der Waals surface area contributed by atoms with Crippen LogP contribution in [0.5, 0.6) is 11.5 Å². The second-order valence-corrected chi connectivity index (χ2v) is 9.11. The molecule has 176 valence electrons. The number of halogens is 3. The van der Waals surface area contributed by atoms with E-state index in [-0.39, 0.29) is 39.7 Å². The maximum atomic E-state index is 14.6. The molecule has 1 N–H and O–H groups in total. The van der Waals surface area contributed by atoms with Gasteiger partial charge in [0.2, 0.25) is 5.91 Å². The number of ether oxygens (including phenoxy) is 2. The number of carbonyl (C=O) groups excluding carboxylic acids is 1. The van der Waals surface area contributed by atoms with Crippen LogP contribution >= 0.6 is 23.2 Å². The number of nitrogens with one attached hydrogen (secondary N) is 1. The van der Waals surface area contributed by atoms with Crippen LogP contribution in [0.15, 0.2) is 43.2 Å². The standard InChI is InChI=1S/C24H21Cl2FN4O3/c1-3-21(32)31-10-12-6-13(31)7-18(12)34-20-8-14-17(9-19(20)33-2)28-11-29-24(14)30-16-5-4-15(25)22(26)23(16)27/h3-5,8-9,11-13,18H,1,6-7,10H2,2H3,(H,28,29,30)/t12-,13-,18+/m0/s1. The molecule has 1 saturated heterocycles. The molecule has 3 atom stereocenters. The van der Waals surface area contributed by atoms with Gasteiger partial charge in [-0.3, -0.25) is 4.79 Å². The minimum atomic E-state index is -0.675. The van der Waals surface area contributed by atoms with E-state index in [0.29, 0.717) is 34.8 Å². The molecule has 1 amide bonds. The normalized spacial score (nSPS) is 21.1. The summed E-state index contributed by atoms with van der Waals surface area (Å²) in [6.07, 6.45) is 4.30. The minimum absolute atomic E-state index is 0.0448. The minimum Gasteiger partial charge on any atom is -0.493 e. The van der Waals surface area contributed by atoms with Gasteiger partial charge in [0.15, 0.2) is 17.3 Å². The van der Waals surface area contributed by atoms with E-state index in [1.165, 1.54) is 24.5 Å². The molecule has 1 aromatic heterocycles. The summed E-state index contributed by atoms with van der Waals surface area (Å²) in [5, 5.41) is 3.55. The van der Waals surface area contributed by atoms with Crippen LogP contribution in [0.2, 0.25) is 10.0 Å². The van der Waals surface area contributed by atoms with Crippen molar-refractivity contribution in [2.45, 2.75) is 25.0 Å². The van der Waals surface area contributed by atoms with Gasteiger partial charge in [-0.25, -0.2) is 14.4 Å². The number of rotatable bonds is 6. The molecule has 2 heterocycles. The van der Waals surface area contributed by atoms with Crippen LogP contribution in [-0.4, -0.2) is 46.6 Å². The summed E-state index contributed by atoms with van der Waals surface area (Å²) >= 11 is 11.8. The van der Waals surface area contributed by atoms with Crippen molar-refractivity contribution in [3.63, 3.8) is 0 Å². The molecule has 1 aliphatic carbocycles. The van der Waals surface area contributed by atoms with Crippen LogP contribution in [0.25, 0.3) is 10.9 Å². The molecule has 0 unspecified atom stereocenters. The second kappa shape index (κ2) is 8.92. The first-order chi connectivity index (χ1) is 16.4. The lowest BCUT2D eigenvalue weighted by atomic mass is 10.1. The van der Waals surface area contributed by atoms with Crippen LogP contribution in [0, 0.1) is 11.7 Å². The first-order valence-electron chi connectivity index (χ1n) is 10.7. The van der Waals surface area contributed by atoms with Gasteiger partial charge in [-0.05, 0) is 30.7 Å². The average Bonchev–Trinajstić information content (AvgIpc) is 3.44. The van der Waals surface area contributed by atoms with E-state index < -0.39 is 5.82 Å². The molecule has 3 aromatic rings. The molecule has 0 spiro atoms. The van der Waals surface area contributed by atoms with E-state index in [1.807, 2.05) is 4.90 Å². The largest absolute Gasteiger partial charge is 0.493 e. The first-order valence-corrected chi connectivity index (χ1v) is 11.5. The molecule has 2 bridgehead atoms. The maximum absolute atomic E-state index is 14.6. The summed E-state index contributed by atoms with van der Waals surface area (Å²) in [4.78, 5) is 22.5. The van der Waals surface area contributed by atoms with Gasteiger partial charge in [-0.1, -0.05) is 29.8 Å². The number of piperidine rings is 1. The quantitative estimate of drug-likeness (QED) is 0.360. The van der Waals surface area contributed by atoms with E-state index in [4.69, 9.17) is 32.7 Å². The number of fused-ring (bicyclic) bond motifs is 3. The highest BCUT2D eigenvalue weighted by atomic mass is 35.5. The Bertz CT molecular complexity index is 1300. The zero-order chi connectivity index (χ0) is 24.0. The summed E-state index contributed by atoms with van der Waals surface area (Å²) in [7, 11) is 1.56. The fourth-order valence-electron chi connectivity index (χ4n) is 4.77.